The highest BCUT2D eigenvalue weighted by Crippen LogP contribution is 2.41. The van der Waals surface area contributed by atoms with Crippen LogP contribution in [0.5, 0.6) is 0 Å². The van der Waals surface area contributed by atoms with Gasteiger partial charge in [0, 0.05) is 23.2 Å². The lowest BCUT2D eigenvalue weighted by atomic mass is 9.86. The SMILES string of the molecule is Cc1cc(-c2c(C)ccc3c2CCN(C)C3)c2cc(Cl)sc2c1. The molecule has 0 radical (unpaired) electrons. The van der Waals surface area contributed by atoms with Crippen LogP contribution in [0.1, 0.15) is 22.3 Å². The smallest absolute Gasteiger partial charge is 0.0941 e. The third kappa shape index (κ3) is 2.59. The molecule has 2 heterocycles. The van der Waals surface area contributed by atoms with Gasteiger partial charge in [-0.15, -0.1) is 11.3 Å². The van der Waals surface area contributed by atoms with Crippen molar-refractivity contribution in [3.8, 4) is 11.1 Å². The molecule has 3 heteroatoms. The van der Waals surface area contributed by atoms with Gasteiger partial charge < -0.3 is 4.90 Å². The van der Waals surface area contributed by atoms with E-state index < -0.39 is 0 Å². The number of thiophene rings is 1. The second kappa shape index (κ2) is 5.62. The molecule has 0 bridgehead atoms. The fraction of sp³-hybridized carbons (Fsp3) is 0.300. The summed E-state index contributed by atoms with van der Waals surface area (Å²) < 4.78 is 2.16. The van der Waals surface area contributed by atoms with Gasteiger partial charge in [-0.05, 0) is 72.8 Å². The van der Waals surface area contributed by atoms with E-state index in [1.807, 2.05) is 0 Å². The number of aryl methyl sites for hydroxylation is 2. The highest BCUT2D eigenvalue weighted by Gasteiger charge is 2.20. The summed E-state index contributed by atoms with van der Waals surface area (Å²) in [6, 6.07) is 11.3. The Hall–Kier alpha value is -1.35. The molecule has 0 saturated heterocycles. The minimum atomic E-state index is 0.869. The molecular weight excluding hydrogens is 322 g/mol. The maximum absolute atomic E-state index is 6.31. The molecule has 0 saturated carbocycles. The van der Waals surface area contributed by atoms with E-state index in [1.54, 1.807) is 11.3 Å². The van der Waals surface area contributed by atoms with Crippen LogP contribution in [0.2, 0.25) is 4.34 Å². The Morgan fingerprint density at radius 3 is 2.78 bits per heavy atom. The van der Waals surface area contributed by atoms with E-state index in [1.165, 1.54) is 43.5 Å². The van der Waals surface area contributed by atoms with Crippen LogP contribution in [0.25, 0.3) is 21.2 Å². The lowest BCUT2D eigenvalue weighted by molar-refractivity contribution is 0.313. The molecule has 1 aliphatic heterocycles. The molecule has 3 aromatic rings. The standard InChI is InChI=1S/C20H20ClNS/c1-12-8-17(16-10-19(21)23-18(16)9-12)20-13(2)4-5-14-11-22(3)7-6-15(14)20/h4-5,8-10H,6-7,11H2,1-3H3. The highest BCUT2D eigenvalue weighted by atomic mass is 35.5. The molecule has 0 spiro atoms. The summed E-state index contributed by atoms with van der Waals surface area (Å²) in [5.41, 5.74) is 8.44. The second-order valence-electron chi connectivity index (χ2n) is 6.66. The Bertz CT molecular complexity index is 910. The lowest BCUT2D eigenvalue weighted by Crippen LogP contribution is -2.27. The van der Waals surface area contributed by atoms with Gasteiger partial charge in [-0.1, -0.05) is 29.8 Å². The number of rotatable bonds is 1. The number of benzene rings is 2. The van der Waals surface area contributed by atoms with E-state index >= 15 is 0 Å². The van der Waals surface area contributed by atoms with E-state index in [0.29, 0.717) is 0 Å². The monoisotopic (exact) mass is 341 g/mol. The minimum Gasteiger partial charge on any atom is -0.302 e. The highest BCUT2D eigenvalue weighted by molar-refractivity contribution is 7.22. The normalized spacial score (nSPS) is 15.1. The third-order valence-electron chi connectivity index (χ3n) is 4.82. The van der Waals surface area contributed by atoms with Crippen molar-refractivity contribution in [3.63, 3.8) is 0 Å². The number of likely N-dealkylation sites (N-methyl/N-ethyl adjacent to an activating group) is 1. The molecule has 0 N–H and O–H groups in total. The zero-order valence-corrected chi connectivity index (χ0v) is 15.3. The number of nitrogens with zero attached hydrogens (tertiary/aromatic N) is 1. The van der Waals surface area contributed by atoms with Crippen LogP contribution >= 0.6 is 22.9 Å². The van der Waals surface area contributed by atoms with Crippen LogP contribution in [0.15, 0.2) is 30.3 Å². The topological polar surface area (TPSA) is 3.24 Å². The van der Waals surface area contributed by atoms with Gasteiger partial charge in [0.15, 0.2) is 0 Å². The number of fused-ring (bicyclic) bond motifs is 2. The number of hydrogen-bond acceptors (Lipinski definition) is 2. The molecule has 23 heavy (non-hydrogen) atoms. The first kappa shape index (κ1) is 15.2. The zero-order chi connectivity index (χ0) is 16.1. The molecule has 1 aromatic heterocycles. The largest absolute Gasteiger partial charge is 0.302 e. The maximum Gasteiger partial charge on any atom is 0.0941 e. The first-order chi connectivity index (χ1) is 11.0. The van der Waals surface area contributed by atoms with Crippen LogP contribution in [0, 0.1) is 13.8 Å². The van der Waals surface area contributed by atoms with Crippen molar-refractivity contribution in [2.45, 2.75) is 26.8 Å². The molecule has 0 amide bonds. The van der Waals surface area contributed by atoms with Gasteiger partial charge in [-0.3, -0.25) is 0 Å². The molecule has 1 nitrogen and oxygen atoms in total. The van der Waals surface area contributed by atoms with Gasteiger partial charge in [0.05, 0.1) is 4.34 Å². The Labute approximate surface area is 146 Å². The van der Waals surface area contributed by atoms with Crippen molar-refractivity contribution in [2.75, 3.05) is 13.6 Å². The Morgan fingerprint density at radius 2 is 1.96 bits per heavy atom. The van der Waals surface area contributed by atoms with E-state index in [-0.39, 0.29) is 0 Å². The Kier molecular flexibility index (Phi) is 3.72. The summed E-state index contributed by atoms with van der Waals surface area (Å²) >= 11 is 7.98. The summed E-state index contributed by atoms with van der Waals surface area (Å²) in [5.74, 6) is 0. The third-order valence-corrected chi connectivity index (χ3v) is 6.03. The van der Waals surface area contributed by atoms with Crippen LogP contribution < -0.4 is 0 Å². The van der Waals surface area contributed by atoms with Crippen molar-refractivity contribution in [1.82, 2.24) is 4.90 Å². The number of halogens is 1. The predicted molar refractivity (Wildman–Crippen MR) is 102 cm³/mol. The summed E-state index contributed by atoms with van der Waals surface area (Å²) in [6.07, 6.45) is 1.12. The van der Waals surface area contributed by atoms with Crippen molar-refractivity contribution in [2.24, 2.45) is 0 Å². The van der Waals surface area contributed by atoms with Crippen LogP contribution in [0.3, 0.4) is 0 Å². The molecule has 118 valence electrons. The van der Waals surface area contributed by atoms with Crippen molar-refractivity contribution >= 4 is 33.0 Å². The average molecular weight is 342 g/mol. The van der Waals surface area contributed by atoms with Crippen molar-refractivity contribution in [3.05, 3.63) is 56.9 Å². The fourth-order valence-corrected chi connectivity index (χ4v) is 5.01. The van der Waals surface area contributed by atoms with E-state index in [0.717, 1.165) is 23.8 Å². The van der Waals surface area contributed by atoms with E-state index in [9.17, 15) is 0 Å². The van der Waals surface area contributed by atoms with Crippen molar-refractivity contribution in [1.29, 1.82) is 0 Å². The minimum absolute atomic E-state index is 0.869. The Morgan fingerprint density at radius 1 is 1.13 bits per heavy atom. The van der Waals surface area contributed by atoms with E-state index in [2.05, 4.69) is 56.1 Å². The molecule has 2 aromatic carbocycles. The van der Waals surface area contributed by atoms with Crippen LogP contribution in [0.4, 0.5) is 0 Å². The molecule has 0 unspecified atom stereocenters. The first-order valence-corrected chi connectivity index (χ1v) is 9.22. The maximum atomic E-state index is 6.31. The van der Waals surface area contributed by atoms with Gasteiger partial charge in [0.1, 0.15) is 0 Å². The van der Waals surface area contributed by atoms with Gasteiger partial charge >= 0.3 is 0 Å². The number of hydrogen-bond donors (Lipinski definition) is 0. The zero-order valence-electron chi connectivity index (χ0n) is 13.7. The van der Waals surface area contributed by atoms with E-state index in [4.69, 9.17) is 11.6 Å². The molecule has 0 fully saturated rings. The van der Waals surface area contributed by atoms with Gasteiger partial charge in [0.2, 0.25) is 0 Å². The lowest BCUT2D eigenvalue weighted by Gasteiger charge is -2.28. The molecule has 0 atom stereocenters. The van der Waals surface area contributed by atoms with Gasteiger partial charge in [-0.25, -0.2) is 0 Å². The molecular formula is C20H20ClNS. The summed E-state index contributed by atoms with van der Waals surface area (Å²) in [7, 11) is 2.20. The van der Waals surface area contributed by atoms with Crippen LogP contribution in [-0.2, 0) is 13.0 Å². The predicted octanol–water partition coefficient (Wildman–Crippen LogP) is 5.83. The van der Waals surface area contributed by atoms with Crippen LogP contribution in [-0.4, -0.2) is 18.5 Å². The molecule has 4 rings (SSSR count). The average Bonchev–Trinajstić information content (AvgIpc) is 2.87. The summed E-state index contributed by atoms with van der Waals surface area (Å²) in [6.45, 7) is 6.58. The second-order valence-corrected chi connectivity index (χ2v) is 8.37. The van der Waals surface area contributed by atoms with Gasteiger partial charge in [0.25, 0.3) is 0 Å². The summed E-state index contributed by atoms with van der Waals surface area (Å²) in [4.78, 5) is 2.40. The first-order valence-electron chi connectivity index (χ1n) is 8.03. The van der Waals surface area contributed by atoms with Crippen molar-refractivity contribution < 1.29 is 0 Å². The summed E-state index contributed by atoms with van der Waals surface area (Å²) in [5, 5.41) is 1.29. The quantitative estimate of drug-likeness (QED) is 0.538. The Balaban J connectivity index is 2.03. The molecule has 0 aliphatic carbocycles. The molecule has 1 aliphatic rings. The van der Waals surface area contributed by atoms with Gasteiger partial charge in [-0.2, -0.15) is 0 Å². The fourth-order valence-electron chi connectivity index (χ4n) is 3.74.